The molecule has 21 heavy (non-hydrogen) atoms. The number of nitrogens with one attached hydrogen (secondary N) is 1. The van der Waals surface area contributed by atoms with E-state index in [1.54, 1.807) is 0 Å². The van der Waals surface area contributed by atoms with Crippen LogP contribution < -0.4 is 5.32 Å². The number of aryl methyl sites for hydroxylation is 3. The summed E-state index contributed by atoms with van der Waals surface area (Å²) < 4.78 is 0.767. The van der Waals surface area contributed by atoms with E-state index in [0.717, 1.165) is 40.7 Å². The fourth-order valence-corrected chi connectivity index (χ4v) is 3.14. The number of carbonyl (C=O) groups is 1. The molecule has 2 rings (SSSR count). The van der Waals surface area contributed by atoms with Gasteiger partial charge in [-0.15, -0.1) is 0 Å². The normalized spacial score (nSPS) is 16.1. The van der Waals surface area contributed by atoms with Gasteiger partial charge in [0.2, 0.25) is 0 Å². The minimum absolute atomic E-state index is 0. The molecule has 0 bridgehead atoms. The molecule has 3 nitrogen and oxygen atoms in total. The molecule has 113 valence electrons. The van der Waals surface area contributed by atoms with E-state index >= 15 is 0 Å². The quantitative estimate of drug-likeness (QED) is 0.817. The number of anilines is 1. The van der Waals surface area contributed by atoms with Crippen molar-refractivity contribution in [3.8, 4) is 0 Å². The van der Waals surface area contributed by atoms with E-state index in [1.807, 2.05) is 0 Å². The minimum atomic E-state index is -0.224. The second-order valence-electron chi connectivity index (χ2n) is 6.76. The molecule has 1 saturated carbocycles. The molecular formula is C17H27N2OY+. The third kappa shape index (κ3) is 3.41. The Bertz CT molecular complexity index is 525. The molecule has 1 N–H and O–H groups in total. The Labute approximate surface area is 154 Å². The van der Waals surface area contributed by atoms with E-state index in [9.17, 15) is 4.79 Å². The minimum Gasteiger partial charge on any atom is -0.320 e. The number of benzene rings is 1. The molecule has 1 aromatic carbocycles. The zero-order valence-corrected chi connectivity index (χ0v) is 17.0. The Hall–Kier alpha value is -0.246. The van der Waals surface area contributed by atoms with Crippen LogP contribution in [0.1, 0.15) is 36.5 Å². The maximum absolute atomic E-state index is 12.8. The van der Waals surface area contributed by atoms with Crippen molar-refractivity contribution in [1.82, 2.24) is 0 Å². The van der Waals surface area contributed by atoms with Crippen LogP contribution in [0.15, 0.2) is 12.1 Å². The maximum atomic E-state index is 12.8. The first-order chi connectivity index (χ1) is 9.23. The Morgan fingerprint density at radius 2 is 1.67 bits per heavy atom. The average Bonchev–Trinajstić information content (AvgIpc) is 3.15. The van der Waals surface area contributed by atoms with Gasteiger partial charge < -0.3 is 9.80 Å². The van der Waals surface area contributed by atoms with E-state index < -0.39 is 0 Å². The van der Waals surface area contributed by atoms with E-state index in [0.29, 0.717) is 0 Å². The summed E-state index contributed by atoms with van der Waals surface area (Å²) in [4.78, 5) is 12.8. The van der Waals surface area contributed by atoms with Gasteiger partial charge in [0.25, 0.3) is 5.91 Å². The molecule has 1 amide bonds. The van der Waals surface area contributed by atoms with Crippen molar-refractivity contribution in [1.29, 1.82) is 0 Å². The number of rotatable bonds is 4. The smallest absolute Gasteiger partial charge is 0.285 e. The first kappa shape index (κ1) is 18.8. The summed E-state index contributed by atoms with van der Waals surface area (Å²) in [5.74, 6) is 0.180. The number of quaternary nitrogens is 1. The summed E-state index contributed by atoms with van der Waals surface area (Å²) >= 11 is 0. The predicted octanol–water partition coefficient (Wildman–Crippen LogP) is 3.18. The molecule has 1 aliphatic rings. The topological polar surface area (TPSA) is 29.1 Å². The van der Waals surface area contributed by atoms with Gasteiger partial charge in [0.05, 0.1) is 20.6 Å². The summed E-state index contributed by atoms with van der Waals surface area (Å²) in [6, 6.07) is 4.25. The number of nitrogens with zero attached hydrogens (tertiary/aromatic N) is 1. The second kappa shape index (κ2) is 6.48. The number of hydrogen-bond donors (Lipinski definition) is 1. The van der Waals surface area contributed by atoms with Crippen molar-refractivity contribution < 1.29 is 42.0 Å². The summed E-state index contributed by atoms with van der Waals surface area (Å²) in [5.41, 5.74) is 4.30. The van der Waals surface area contributed by atoms with Gasteiger partial charge in [-0.2, -0.15) is 0 Å². The SMILES string of the molecule is CC[N+](C)(C)C1(C(=O)Nc2c(C)cc(C)cc2C)CC1.[Y]. The van der Waals surface area contributed by atoms with Crippen molar-refractivity contribution in [2.75, 3.05) is 26.0 Å². The fraction of sp³-hybridized carbons (Fsp3) is 0.588. The Morgan fingerprint density at radius 1 is 1.19 bits per heavy atom. The molecule has 0 saturated heterocycles. The summed E-state index contributed by atoms with van der Waals surface area (Å²) in [6.07, 6.45) is 1.98. The van der Waals surface area contributed by atoms with Gasteiger partial charge in [-0.05, 0) is 38.8 Å². The van der Waals surface area contributed by atoms with Gasteiger partial charge in [0.1, 0.15) is 0 Å². The molecule has 0 spiro atoms. The third-order valence-corrected chi connectivity index (χ3v) is 5.01. The Kier molecular flexibility index (Phi) is 5.80. The number of carbonyl (C=O) groups excluding carboxylic acids is 1. The Balaban J connectivity index is 0.00000220. The maximum Gasteiger partial charge on any atom is 0.285 e. The van der Waals surface area contributed by atoms with E-state index in [2.05, 4.69) is 59.2 Å². The van der Waals surface area contributed by atoms with Crippen LogP contribution in [-0.2, 0) is 37.5 Å². The van der Waals surface area contributed by atoms with Crippen LogP contribution in [0.25, 0.3) is 0 Å². The molecule has 0 unspecified atom stereocenters. The average molecular weight is 364 g/mol. The molecule has 4 heteroatoms. The molecule has 0 aromatic heterocycles. The number of likely N-dealkylation sites (N-methyl/N-ethyl adjacent to an activating group) is 1. The van der Waals surface area contributed by atoms with Crippen molar-refractivity contribution in [3.05, 3.63) is 28.8 Å². The monoisotopic (exact) mass is 364 g/mol. The van der Waals surface area contributed by atoms with Crippen LogP contribution in [0.4, 0.5) is 5.69 Å². The van der Waals surface area contributed by atoms with E-state index in [1.165, 1.54) is 5.56 Å². The van der Waals surface area contributed by atoms with Crippen LogP contribution in [-0.4, -0.2) is 36.6 Å². The molecule has 1 aromatic rings. The van der Waals surface area contributed by atoms with Crippen LogP contribution >= 0.6 is 0 Å². The molecular weight excluding hydrogens is 337 g/mol. The van der Waals surface area contributed by atoms with Gasteiger partial charge in [0.15, 0.2) is 5.54 Å². The van der Waals surface area contributed by atoms with Gasteiger partial charge in [-0.25, -0.2) is 0 Å². The van der Waals surface area contributed by atoms with Crippen LogP contribution in [0, 0.1) is 20.8 Å². The molecule has 0 aliphatic heterocycles. The van der Waals surface area contributed by atoms with E-state index in [-0.39, 0.29) is 44.2 Å². The zero-order valence-electron chi connectivity index (χ0n) is 14.2. The summed E-state index contributed by atoms with van der Waals surface area (Å²) in [7, 11) is 4.31. The molecule has 1 radical (unpaired) electrons. The standard InChI is InChI=1S/C17H26N2O.Y/c1-7-19(5,6)17(8-9-17)16(20)18-15-13(3)10-12(2)11-14(15)4;/h10-11H,7-9H2,1-6H3;/p+1. The predicted molar refractivity (Wildman–Crippen MR) is 83.9 cm³/mol. The largest absolute Gasteiger partial charge is 0.320 e. The van der Waals surface area contributed by atoms with E-state index in [4.69, 9.17) is 0 Å². The zero-order chi connectivity index (χ0) is 15.1. The van der Waals surface area contributed by atoms with Crippen molar-refractivity contribution in [2.45, 2.75) is 46.1 Å². The fourth-order valence-electron chi connectivity index (χ4n) is 3.14. The van der Waals surface area contributed by atoms with Gasteiger partial charge in [-0.1, -0.05) is 17.7 Å². The summed E-state index contributed by atoms with van der Waals surface area (Å²) in [6.45, 7) is 9.34. The van der Waals surface area contributed by atoms with Gasteiger partial charge >= 0.3 is 0 Å². The molecule has 0 heterocycles. The van der Waals surface area contributed by atoms with Gasteiger partial charge in [-0.3, -0.25) is 4.79 Å². The van der Waals surface area contributed by atoms with Crippen LogP contribution in [0.2, 0.25) is 0 Å². The first-order valence-corrected chi connectivity index (χ1v) is 7.46. The Morgan fingerprint density at radius 3 is 2.05 bits per heavy atom. The van der Waals surface area contributed by atoms with Crippen molar-refractivity contribution >= 4 is 11.6 Å². The van der Waals surface area contributed by atoms with Gasteiger partial charge in [0, 0.05) is 51.2 Å². The van der Waals surface area contributed by atoms with Crippen LogP contribution in [0.5, 0.6) is 0 Å². The van der Waals surface area contributed by atoms with Crippen LogP contribution in [0.3, 0.4) is 0 Å². The third-order valence-electron chi connectivity index (χ3n) is 5.01. The number of hydrogen-bond acceptors (Lipinski definition) is 1. The summed E-state index contributed by atoms with van der Waals surface area (Å²) in [5, 5.41) is 3.19. The first-order valence-electron chi connectivity index (χ1n) is 7.46. The molecule has 1 fully saturated rings. The van der Waals surface area contributed by atoms with Crippen molar-refractivity contribution in [3.63, 3.8) is 0 Å². The number of amides is 1. The molecule has 0 atom stereocenters. The molecule has 1 aliphatic carbocycles. The second-order valence-corrected chi connectivity index (χ2v) is 6.76. The van der Waals surface area contributed by atoms with Crippen molar-refractivity contribution in [2.24, 2.45) is 0 Å².